The Labute approximate surface area is 94.8 Å². The largest absolute Gasteiger partial charge is 0.493 e. The molecule has 1 aromatic carbocycles. The van der Waals surface area contributed by atoms with E-state index in [1.165, 1.54) is 0 Å². The molecule has 0 radical (unpaired) electrons. The average Bonchev–Trinajstić information content (AvgIpc) is 2.09. The molecule has 0 bridgehead atoms. The highest BCUT2D eigenvalue weighted by atomic mass is 35.5. The van der Waals surface area contributed by atoms with Crippen molar-refractivity contribution in [3.8, 4) is 5.75 Å². The fourth-order valence-electron chi connectivity index (χ4n) is 1.02. The van der Waals surface area contributed by atoms with E-state index in [-0.39, 0.29) is 0 Å². The van der Waals surface area contributed by atoms with Crippen LogP contribution >= 0.6 is 11.6 Å². The van der Waals surface area contributed by atoms with Crippen LogP contribution in [-0.2, 0) is 0 Å². The molecule has 0 aromatic heterocycles. The Morgan fingerprint density at radius 2 is 2.13 bits per heavy atom. The van der Waals surface area contributed by atoms with Gasteiger partial charge in [-0.1, -0.05) is 11.6 Å². The molecule has 0 aliphatic carbocycles. The molecule has 0 aliphatic heterocycles. The van der Waals surface area contributed by atoms with Crippen LogP contribution < -0.4 is 10.5 Å². The maximum absolute atomic E-state index is 9.47. The second-order valence-electron chi connectivity index (χ2n) is 4.09. The minimum atomic E-state index is -0.711. The molecule has 0 unspecified atom stereocenters. The molecule has 3 nitrogen and oxygen atoms in total. The summed E-state index contributed by atoms with van der Waals surface area (Å²) in [6.07, 6.45) is 0.564. The number of hydrogen-bond donors (Lipinski definition) is 2. The molecule has 0 saturated heterocycles. The van der Waals surface area contributed by atoms with Crippen LogP contribution in [0.25, 0.3) is 0 Å². The third-order valence-corrected chi connectivity index (χ3v) is 2.28. The lowest BCUT2D eigenvalue weighted by molar-refractivity contribution is 0.0553. The maximum atomic E-state index is 9.47. The molecule has 15 heavy (non-hydrogen) atoms. The van der Waals surface area contributed by atoms with Crippen LogP contribution in [0, 0.1) is 0 Å². The molecule has 1 aromatic rings. The highest BCUT2D eigenvalue weighted by Crippen LogP contribution is 2.24. The quantitative estimate of drug-likeness (QED) is 0.780. The number of halogens is 1. The van der Waals surface area contributed by atoms with Gasteiger partial charge >= 0.3 is 0 Å². The summed E-state index contributed by atoms with van der Waals surface area (Å²) in [6.45, 7) is 3.93. The SMILES string of the molecule is CC(C)(O)CCOc1ccc(N)c(Cl)c1. The highest BCUT2D eigenvalue weighted by molar-refractivity contribution is 6.33. The minimum absolute atomic E-state index is 0.448. The highest BCUT2D eigenvalue weighted by Gasteiger charge is 2.12. The number of benzene rings is 1. The van der Waals surface area contributed by atoms with Crippen LogP contribution in [0.3, 0.4) is 0 Å². The molecule has 0 heterocycles. The summed E-state index contributed by atoms with van der Waals surface area (Å²) >= 11 is 5.83. The normalized spacial score (nSPS) is 11.5. The number of nitrogen functional groups attached to an aromatic ring is 1. The van der Waals surface area contributed by atoms with Crippen LogP contribution in [0.15, 0.2) is 18.2 Å². The smallest absolute Gasteiger partial charge is 0.120 e. The zero-order chi connectivity index (χ0) is 11.5. The van der Waals surface area contributed by atoms with Crippen LogP contribution in [-0.4, -0.2) is 17.3 Å². The monoisotopic (exact) mass is 229 g/mol. The Bertz CT molecular complexity index is 334. The third-order valence-electron chi connectivity index (χ3n) is 1.95. The van der Waals surface area contributed by atoms with Gasteiger partial charge in [0.2, 0.25) is 0 Å². The Hall–Kier alpha value is -0.930. The third kappa shape index (κ3) is 4.40. The van der Waals surface area contributed by atoms with Crippen molar-refractivity contribution in [3.63, 3.8) is 0 Å². The van der Waals surface area contributed by atoms with Crippen LogP contribution in [0.4, 0.5) is 5.69 Å². The molecule has 0 spiro atoms. The van der Waals surface area contributed by atoms with E-state index in [4.69, 9.17) is 22.1 Å². The van der Waals surface area contributed by atoms with E-state index in [0.717, 1.165) is 0 Å². The van der Waals surface area contributed by atoms with Gasteiger partial charge in [-0.2, -0.15) is 0 Å². The summed E-state index contributed by atoms with van der Waals surface area (Å²) in [4.78, 5) is 0. The topological polar surface area (TPSA) is 55.5 Å². The van der Waals surface area contributed by atoms with Crippen molar-refractivity contribution in [1.29, 1.82) is 0 Å². The van der Waals surface area contributed by atoms with Crippen molar-refractivity contribution in [2.75, 3.05) is 12.3 Å². The van der Waals surface area contributed by atoms with Gasteiger partial charge in [0.1, 0.15) is 5.75 Å². The first-order valence-corrected chi connectivity index (χ1v) is 5.16. The summed E-state index contributed by atoms with van der Waals surface area (Å²) in [5.74, 6) is 0.665. The predicted molar refractivity (Wildman–Crippen MR) is 62.3 cm³/mol. The van der Waals surface area contributed by atoms with E-state index in [9.17, 15) is 5.11 Å². The number of anilines is 1. The first-order chi connectivity index (χ1) is 6.88. The van der Waals surface area contributed by atoms with E-state index in [0.29, 0.717) is 29.5 Å². The average molecular weight is 230 g/mol. The van der Waals surface area contributed by atoms with Crippen LogP contribution in [0.5, 0.6) is 5.75 Å². The standard InChI is InChI=1S/C11H16ClNO2/c1-11(2,14)5-6-15-8-3-4-10(13)9(12)7-8/h3-4,7,14H,5-6,13H2,1-2H3. The van der Waals surface area contributed by atoms with Gasteiger partial charge in [0.05, 0.1) is 22.9 Å². The molecule has 0 aliphatic rings. The molecule has 0 fully saturated rings. The Morgan fingerprint density at radius 1 is 1.47 bits per heavy atom. The van der Waals surface area contributed by atoms with E-state index >= 15 is 0 Å². The summed E-state index contributed by atoms with van der Waals surface area (Å²) in [7, 11) is 0. The zero-order valence-electron chi connectivity index (χ0n) is 8.96. The Kier molecular flexibility index (Phi) is 3.83. The number of nitrogens with two attached hydrogens (primary N) is 1. The first-order valence-electron chi connectivity index (χ1n) is 4.79. The van der Waals surface area contributed by atoms with Gasteiger partial charge in [0.15, 0.2) is 0 Å². The number of ether oxygens (including phenoxy) is 1. The number of aliphatic hydroxyl groups is 1. The van der Waals surface area contributed by atoms with Gasteiger partial charge in [-0.25, -0.2) is 0 Å². The molecule has 1 rings (SSSR count). The van der Waals surface area contributed by atoms with Gasteiger partial charge in [-0.3, -0.25) is 0 Å². The van der Waals surface area contributed by atoms with Gasteiger partial charge < -0.3 is 15.6 Å². The summed E-state index contributed by atoms with van der Waals surface area (Å²) in [5, 5.41) is 9.95. The first kappa shape index (κ1) is 12.1. The molecule has 0 saturated carbocycles. The van der Waals surface area contributed by atoms with Gasteiger partial charge in [-0.15, -0.1) is 0 Å². The van der Waals surface area contributed by atoms with E-state index in [1.807, 2.05) is 0 Å². The Balaban J connectivity index is 2.48. The Morgan fingerprint density at radius 3 is 2.67 bits per heavy atom. The molecular weight excluding hydrogens is 214 g/mol. The molecule has 0 atom stereocenters. The molecule has 0 amide bonds. The number of rotatable bonds is 4. The van der Waals surface area contributed by atoms with Crippen LogP contribution in [0.2, 0.25) is 5.02 Å². The maximum Gasteiger partial charge on any atom is 0.120 e. The zero-order valence-corrected chi connectivity index (χ0v) is 9.71. The van der Waals surface area contributed by atoms with E-state index in [2.05, 4.69) is 0 Å². The van der Waals surface area contributed by atoms with Gasteiger partial charge in [0.25, 0.3) is 0 Å². The van der Waals surface area contributed by atoms with Crippen molar-refractivity contribution in [2.45, 2.75) is 25.9 Å². The minimum Gasteiger partial charge on any atom is -0.493 e. The molecule has 3 N–H and O–H groups in total. The second-order valence-corrected chi connectivity index (χ2v) is 4.50. The van der Waals surface area contributed by atoms with Crippen molar-refractivity contribution < 1.29 is 9.84 Å². The van der Waals surface area contributed by atoms with Crippen molar-refractivity contribution in [1.82, 2.24) is 0 Å². The molecular formula is C11H16ClNO2. The molecule has 84 valence electrons. The lowest BCUT2D eigenvalue weighted by atomic mass is 10.1. The van der Waals surface area contributed by atoms with E-state index in [1.54, 1.807) is 32.0 Å². The predicted octanol–water partition coefficient (Wildman–Crippen LogP) is 2.46. The van der Waals surface area contributed by atoms with Crippen LogP contribution in [0.1, 0.15) is 20.3 Å². The summed E-state index contributed by atoms with van der Waals surface area (Å²) in [6, 6.07) is 5.12. The fraction of sp³-hybridized carbons (Fsp3) is 0.455. The van der Waals surface area contributed by atoms with Crippen molar-refractivity contribution >= 4 is 17.3 Å². The fourth-order valence-corrected chi connectivity index (χ4v) is 1.19. The lowest BCUT2D eigenvalue weighted by Crippen LogP contribution is -2.21. The number of hydrogen-bond acceptors (Lipinski definition) is 3. The van der Waals surface area contributed by atoms with Gasteiger partial charge in [0, 0.05) is 12.5 Å². The summed E-state index contributed by atoms with van der Waals surface area (Å²) in [5.41, 5.74) is 5.38. The van der Waals surface area contributed by atoms with Crippen molar-refractivity contribution in [2.24, 2.45) is 0 Å². The second kappa shape index (κ2) is 4.73. The van der Waals surface area contributed by atoms with Gasteiger partial charge in [-0.05, 0) is 26.0 Å². The van der Waals surface area contributed by atoms with E-state index < -0.39 is 5.60 Å². The van der Waals surface area contributed by atoms with Crippen molar-refractivity contribution in [3.05, 3.63) is 23.2 Å². The molecule has 4 heteroatoms. The summed E-state index contributed by atoms with van der Waals surface area (Å²) < 4.78 is 5.42. The lowest BCUT2D eigenvalue weighted by Gasteiger charge is -2.17.